The maximum atomic E-state index is 11.5. The number of carboxylic acids is 2. The van der Waals surface area contributed by atoms with Crippen LogP contribution in [0.25, 0.3) is 0 Å². The van der Waals surface area contributed by atoms with Crippen LogP contribution in [0.5, 0.6) is 11.5 Å². The van der Waals surface area contributed by atoms with Gasteiger partial charge < -0.3 is 19.7 Å². The fourth-order valence-corrected chi connectivity index (χ4v) is 2.20. The second-order valence-electron chi connectivity index (χ2n) is 5.06. The van der Waals surface area contributed by atoms with Gasteiger partial charge in [-0.1, -0.05) is 31.2 Å². The summed E-state index contributed by atoms with van der Waals surface area (Å²) in [4.78, 5) is 22.7. The van der Waals surface area contributed by atoms with Gasteiger partial charge in [0, 0.05) is 6.42 Å². The van der Waals surface area contributed by atoms with E-state index >= 15 is 0 Å². The van der Waals surface area contributed by atoms with Gasteiger partial charge in [-0.25, -0.2) is 9.59 Å². The van der Waals surface area contributed by atoms with Crippen molar-refractivity contribution in [2.24, 2.45) is 0 Å². The summed E-state index contributed by atoms with van der Waals surface area (Å²) in [6, 6.07) is 13.1. The number of aromatic carboxylic acids is 2. The van der Waals surface area contributed by atoms with Gasteiger partial charge in [-0.2, -0.15) is 0 Å². The molecule has 0 saturated heterocycles. The molecule has 126 valence electrons. The Morgan fingerprint density at radius 1 is 0.958 bits per heavy atom. The zero-order valence-corrected chi connectivity index (χ0v) is 13.1. The van der Waals surface area contributed by atoms with E-state index in [0.717, 1.165) is 6.42 Å². The maximum absolute atomic E-state index is 11.5. The summed E-state index contributed by atoms with van der Waals surface area (Å²) in [5, 5.41) is 18.5. The van der Waals surface area contributed by atoms with E-state index in [4.69, 9.17) is 14.6 Å². The zero-order valence-electron chi connectivity index (χ0n) is 13.1. The SMILES string of the molecule is CCCC(Oc1ccccc1)Oc1cccc(C(=O)O)c1C(=O)O. The molecule has 1 unspecified atom stereocenters. The molecule has 0 aliphatic carbocycles. The van der Waals surface area contributed by atoms with E-state index in [1.807, 2.05) is 25.1 Å². The predicted molar refractivity (Wildman–Crippen MR) is 86.8 cm³/mol. The van der Waals surface area contributed by atoms with Crippen LogP contribution in [0.4, 0.5) is 0 Å². The van der Waals surface area contributed by atoms with Crippen LogP contribution in [0.2, 0.25) is 0 Å². The summed E-state index contributed by atoms with van der Waals surface area (Å²) in [5.74, 6) is -2.13. The molecule has 0 aromatic heterocycles. The van der Waals surface area contributed by atoms with Gasteiger partial charge in [0.2, 0.25) is 6.29 Å². The predicted octanol–water partition coefficient (Wildman–Crippen LogP) is 3.67. The van der Waals surface area contributed by atoms with Gasteiger partial charge in [0.15, 0.2) is 0 Å². The van der Waals surface area contributed by atoms with Crippen LogP contribution >= 0.6 is 0 Å². The van der Waals surface area contributed by atoms with Crippen molar-refractivity contribution < 1.29 is 29.3 Å². The Morgan fingerprint density at radius 2 is 1.67 bits per heavy atom. The molecule has 0 bridgehead atoms. The molecular formula is C18H18O6. The fraction of sp³-hybridized carbons (Fsp3) is 0.222. The van der Waals surface area contributed by atoms with E-state index in [-0.39, 0.29) is 16.9 Å². The van der Waals surface area contributed by atoms with Crippen molar-refractivity contribution in [1.29, 1.82) is 0 Å². The van der Waals surface area contributed by atoms with Gasteiger partial charge in [-0.15, -0.1) is 0 Å². The van der Waals surface area contributed by atoms with Gasteiger partial charge in [0.1, 0.15) is 17.1 Å². The standard InChI is InChI=1S/C18H18O6/c1-2-7-15(23-12-8-4-3-5-9-12)24-14-11-6-10-13(17(19)20)16(14)18(21)22/h3-6,8-11,15H,2,7H2,1H3,(H,19,20)(H,21,22). The third-order valence-electron chi connectivity index (χ3n) is 3.26. The van der Waals surface area contributed by atoms with Crippen LogP contribution in [-0.2, 0) is 0 Å². The topological polar surface area (TPSA) is 93.1 Å². The first-order valence-electron chi connectivity index (χ1n) is 7.51. The third-order valence-corrected chi connectivity index (χ3v) is 3.26. The Morgan fingerprint density at radius 3 is 2.25 bits per heavy atom. The molecule has 0 radical (unpaired) electrons. The van der Waals surface area contributed by atoms with Crippen LogP contribution in [0.1, 0.15) is 40.5 Å². The Labute approximate surface area is 139 Å². The van der Waals surface area contributed by atoms with Crippen LogP contribution in [-0.4, -0.2) is 28.4 Å². The molecule has 6 heteroatoms. The van der Waals surface area contributed by atoms with E-state index in [1.165, 1.54) is 18.2 Å². The molecule has 2 N–H and O–H groups in total. The molecule has 2 rings (SSSR count). The molecular weight excluding hydrogens is 312 g/mol. The van der Waals surface area contributed by atoms with Crippen molar-refractivity contribution >= 4 is 11.9 Å². The number of rotatable bonds is 8. The Bertz CT molecular complexity index is 711. The summed E-state index contributed by atoms with van der Waals surface area (Å²) < 4.78 is 11.4. The van der Waals surface area contributed by atoms with Crippen molar-refractivity contribution in [3.8, 4) is 11.5 Å². The average molecular weight is 330 g/mol. The third kappa shape index (κ3) is 4.25. The molecule has 6 nitrogen and oxygen atoms in total. The monoisotopic (exact) mass is 330 g/mol. The van der Waals surface area contributed by atoms with Crippen LogP contribution in [0.15, 0.2) is 48.5 Å². The summed E-state index contributed by atoms with van der Waals surface area (Å²) in [6.45, 7) is 1.94. The molecule has 24 heavy (non-hydrogen) atoms. The summed E-state index contributed by atoms with van der Waals surface area (Å²) in [6.07, 6.45) is 0.545. The van der Waals surface area contributed by atoms with E-state index in [1.54, 1.807) is 12.1 Å². The van der Waals surface area contributed by atoms with Gasteiger partial charge in [-0.3, -0.25) is 0 Å². The quantitative estimate of drug-likeness (QED) is 0.717. The van der Waals surface area contributed by atoms with E-state index < -0.39 is 18.2 Å². The fourth-order valence-electron chi connectivity index (χ4n) is 2.20. The van der Waals surface area contributed by atoms with Gasteiger partial charge >= 0.3 is 11.9 Å². The number of para-hydroxylation sites is 1. The molecule has 0 spiro atoms. The number of ether oxygens (including phenoxy) is 2. The zero-order chi connectivity index (χ0) is 17.5. The highest BCUT2D eigenvalue weighted by atomic mass is 16.7. The van der Waals surface area contributed by atoms with Crippen molar-refractivity contribution in [2.75, 3.05) is 0 Å². The molecule has 0 aliphatic rings. The second kappa shape index (κ2) is 8.01. The highest BCUT2D eigenvalue weighted by molar-refractivity contribution is 6.03. The number of carboxylic acid groups (broad SMARTS) is 2. The first-order chi connectivity index (χ1) is 11.5. The van der Waals surface area contributed by atoms with E-state index in [0.29, 0.717) is 12.2 Å². The molecule has 0 aliphatic heterocycles. The van der Waals surface area contributed by atoms with E-state index in [9.17, 15) is 14.7 Å². The van der Waals surface area contributed by atoms with Crippen molar-refractivity contribution in [1.82, 2.24) is 0 Å². The highest BCUT2D eigenvalue weighted by Gasteiger charge is 2.23. The minimum absolute atomic E-state index is 0.0308. The minimum atomic E-state index is -1.36. The number of benzene rings is 2. The second-order valence-corrected chi connectivity index (χ2v) is 5.06. The highest BCUT2D eigenvalue weighted by Crippen LogP contribution is 2.26. The Kier molecular flexibility index (Phi) is 5.78. The number of hydrogen-bond acceptors (Lipinski definition) is 4. The largest absolute Gasteiger partial charge is 0.478 e. The Hall–Kier alpha value is -3.02. The average Bonchev–Trinajstić information content (AvgIpc) is 2.55. The molecule has 0 heterocycles. The molecule has 1 atom stereocenters. The van der Waals surface area contributed by atoms with Crippen LogP contribution in [0, 0.1) is 0 Å². The normalized spacial score (nSPS) is 11.5. The van der Waals surface area contributed by atoms with Crippen molar-refractivity contribution in [3.05, 3.63) is 59.7 Å². The molecule has 2 aromatic rings. The van der Waals surface area contributed by atoms with Gasteiger partial charge in [0.25, 0.3) is 0 Å². The minimum Gasteiger partial charge on any atom is -0.478 e. The summed E-state index contributed by atoms with van der Waals surface area (Å²) >= 11 is 0. The maximum Gasteiger partial charge on any atom is 0.340 e. The lowest BCUT2D eigenvalue weighted by atomic mass is 10.1. The Balaban J connectivity index is 2.30. The van der Waals surface area contributed by atoms with Crippen LogP contribution in [0.3, 0.4) is 0 Å². The summed E-state index contributed by atoms with van der Waals surface area (Å²) in [5.41, 5.74) is -0.710. The molecule has 0 fully saturated rings. The lowest BCUT2D eigenvalue weighted by Gasteiger charge is -2.21. The first kappa shape index (κ1) is 17.3. The summed E-state index contributed by atoms with van der Waals surface area (Å²) in [7, 11) is 0. The van der Waals surface area contributed by atoms with E-state index in [2.05, 4.69) is 0 Å². The number of hydrogen-bond donors (Lipinski definition) is 2. The lowest BCUT2D eigenvalue weighted by Crippen LogP contribution is -2.25. The lowest BCUT2D eigenvalue weighted by molar-refractivity contribution is -0.00208. The van der Waals surface area contributed by atoms with Crippen LogP contribution < -0.4 is 9.47 Å². The van der Waals surface area contributed by atoms with Gasteiger partial charge in [-0.05, 0) is 30.7 Å². The van der Waals surface area contributed by atoms with Crippen molar-refractivity contribution in [2.45, 2.75) is 26.1 Å². The number of carbonyl (C=O) groups is 2. The molecule has 0 saturated carbocycles. The van der Waals surface area contributed by atoms with Crippen molar-refractivity contribution in [3.63, 3.8) is 0 Å². The van der Waals surface area contributed by atoms with Gasteiger partial charge in [0.05, 0.1) is 5.56 Å². The molecule has 0 amide bonds. The first-order valence-corrected chi connectivity index (χ1v) is 7.51. The smallest absolute Gasteiger partial charge is 0.340 e. The molecule has 2 aromatic carbocycles.